The Morgan fingerprint density at radius 3 is 2.27 bits per heavy atom. The highest BCUT2D eigenvalue weighted by Crippen LogP contribution is 2.18. The molecule has 0 radical (unpaired) electrons. The van der Waals surface area contributed by atoms with E-state index < -0.39 is 29.0 Å². The Morgan fingerprint density at radius 2 is 1.77 bits per heavy atom. The molecule has 0 aliphatic carbocycles. The highest BCUT2D eigenvalue weighted by Gasteiger charge is 2.28. The van der Waals surface area contributed by atoms with E-state index in [1.807, 2.05) is 13.8 Å². The number of anilines is 1. The van der Waals surface area contributed by atoms with Crippen LogP contribution in [-0.2, 0) is 9.59 Å². The van der Waals surface area contributed by atoms with Crippen LogP contribution in [0.25, 0.3) is 0 Å². The van der Waals surface area contributed by atoms with Crippen molar-refractivity contribution in [2.45, 2.75) is 32.8 Å². The number of hydrogen-bond donors (Lipinski definition) is 3. The minimum absolute atomic E-state index is 0.0758. The van der Waals surface area contributed by atoms with E-state index in [2.05, 4.69) is 10.6 Å². The van der Waals surface area contributed by atoms with Gasteiger partial charge in [0.05, 0.1) is 5.60 Å². The number of carbonyl (C=O) groups is 2. The van der Waals surface area contributed by atoms with Gasteiger partial charge < -0.3 is 15.7 Å². The van der Waals surface area contributed by atoms with E-state index in [1.54, 1.807) is 6.92 Å². The molecule has 0 unspecified atom stereocenters. The van der Waals surface area contributed by atoms with Crippen molar-refractivity contribution in [2.75, 3.05) is 11.9 Å². The molecule has 0 fully saturated rings. The van der Waals surface area contributed by atoms with Crippen molar-refractivity contribution >= 4 is 17.5 Å². The Labute approximate surface area is 127 Å². The number of hydrogen-bond acceptors (Lipinski definition) is 3. The van der Waals surface area contributed by atoms with Crippen LogP contribution in [-0.4, -0.2) is 29.1 Å². The van der Waals surface area contributed by atoms with E-state index >= 15 is 0 Å². The van der Waals surface area contributed by atoms with Crippen molar-refractivity contribution in [3.05, 3.63) is 29.8 Å². The summed E-state index contributed by atoms with van der Waals surface area (Å²) in [6.07, 6.45) is 0.706. The predicted molar refractivity (Wildman–Crippen MR) is 78.1 cm³/mol. The molecular weight excluding hydrogens is 294 g/mol. The zero-order chi connectivity index (χ0) is 16.9. The first kappa shape index (κ1) is 18.0. The molecule has 0 aliphatic heterocycles. The van der Waals surface area contributed by atoms with Crippen LogP contribution in [0.2, 0.25) is 0 Å². The second kappa shape index (κ2) is 7.31. The van der Waals surface area contributed by atoms with Gasteiger partial charge in [-0.2, -0.15) is 0 Å². The normalized spacial score (nSPS) is 14.8. The first-order chi connectivity index (χ1) is 10.2. The molecule has 1 rings (SSSR count). The second-order valence-corrected chi connectivity index (χ2v) is 5.46. The van der Waals surface area contributed by atoms with Gasteiger partial charge in [0.2, 0.25) is 0 Å². The van der Waals surface area contributed by atoms with Gasteiger partial charge in [0.1, 0.15) is 11.6 Å². The third-order valence-corrected chi connectivity index (χ3v) is 3.61. The van der Waals surface area contributed by atoms with E-state index in [1.165, 1.54) is 0 Å². The number of halogens is 2. The summed E-state index contributed by atoms with van der Waals surface area (Å²) in [5.41, 5.74) is -1.32. The molecule has 5 nitrogen and oxygen atoms in total. The van der Waals surface area contributed by atoms with Crippen molar-refractivity contribution in [1.82, 2.24) is 5.32 Å². The Bertz CT molecular complexity index is 541. The minimum atomic E-state index is -1.16. The third-order valence-electron chi connectivity index (χ3n) is 3.61. The molecule has 0 saturated heterocycles. The van der Waals surface area contributed by atoms with Gasteiger partial charge >= 0.3 is 11.8 Å². The maximum atomic E-state index is 13.0. The largest absolute Gasteiger partial charge is 0.388 e. The van der Waals surface area contributed by atoms with Crippen LogP contribution in [0, 0.1) is 17.6 Å². The van der Waals surface area contributed by atoms with Crippen LogP contribution < -0.4 is 10.6 Å². The molecule has 0 aliphatic rings. The Hall–Kier alpha value is -2.02. The zero-order valence-electron chi connectivity index (χ0n) is 12.7. The van der Waals surface area contributed by atoms with Crippen LogP contribution in [0.5, 0.6) is 0 Å². The van der Waals surface area contributed by atoms with Crippen molar-refractivity contribution in [3.8, 4) is 0 Å². The monoisotopic (exact) mass is 314 g/mol. The number of nitrogens with one attached hydrogen (secondary N) is 2. The molecule has 1 aromatic rings. The van der Waals surface area contributed by atoms with Gasteiger partial charge in [-0.3, -0.25) is 9.59 Å². The van der Waals surface area contributed by atoms with Gasteiger partial charge in [-0.25, -0.2) is 8.78 Å². The summed E-state index contributed by atoms with van der Waals surface area (Å²) >= 11 is 0. The molecule has 7 heteroatoms. The van der Waals surface area contributed by atoms with E-state index in [4.69, 9.17) is 0 Å². The standard InChI is InChI=1S/C15H20F2N2O3/c1-4-9(2)15(3,22)8-18-13(20)14(21)19-12-6-10(16)5-11(17)7-12/h5-7,9,22H,4,8H2,1-3H3,(H,18,20)(H,19,21)/t9-,15+/m0/s1. The molecule has 1 aromatic carbocycles. The van der Waals surface area contributed by atoms with Gasteiger partial charge in [-0.15, -0.1) is 0 Å². The highest BCUT2D eigenvalue weighted by molar-refractivity contribution is 6.39. The fourth-order valence-corrected chi connectivity index (χ4v) is 1.77. The Kier molecular flexibility index (Phi) is 5.99. The fraction of sp³-hybridized carbons (Fsp3) is 0.467. The molecule has 122 valence electrons. The maximum absolute atomic E-state index is 13.0. The van der Waals surface area contributed by atoms with E-state index in [9.17, 15) is 23.5 Å². The quantitative estimate of drug-likeness (QED) is 0.725. The third kappa shape index (κ3) is 5.07. The SMILES string of the molecule is CC[C@H](C)[C@](C)(O)CNC(=O)C(=O)Nc1cc(F)cc(F)c1. The summed E-state index contributed by atoms with van der Waals surface area (Å²) in [5.74, 6) is -3.86. The number of amides is 2. The van der Waals surface area contributed by atoms with Gasteiger partial charge in [-0.1, -0.05) is 20.3 Å². The zero-order valence-corrected chi connectivity index (χ0v) is 12.7. The molecular formula is C15H20F2N2O3. The van der Waals surface area contributed by atoms with Crippen LogP contribution in [0.3, 0.4) is 0 Å². The van der Waals surface area contributed by atoms with Crippen molar-refractivity contribution in [1.29, 1.82) is 0 Å². The average molecular weight is 314 g/mol. The molecule has 3 N–H and O–H groups in total. The topological polar surface area (TPSA) is 78.4 Å². The molecule has 0 saturated carbocycles. The smallest absolute Gasteiger partial charge is 0.313 e. The molecule has 2 atom stereocenters. The fourth-order valence-electron chi connectivity index (χ4n) is 1.77. The van der Waals surface area contributed by atoms with Crippen molar-refractivity contribution in [2.24, 2.45) is 5.92 Å². The molecule has 0 spiro atoms. The number of benzene rings is 1. The number of carbonyl (C=O) groups excluding carboxylic acids is 2. The lowest BCUT2D eigenvalue weighted by Gasteiger charge is -2.29. The van der Waals surface area contributed by atoms with E-state index in [0.29, 0.717) is 12.5 Å². The summed E-state index contributed by atoms with van der Waals surface area (Å²) in [4.78, 5) is 23.3. The molecule has 22 heavy (non-hydrogen) atoms. The van der Waals surface area contributed by atoms with Gasteiger partial charge in [0.15, 0.2) is 0 Å². The van der Waals surface area contributed by atoms with Crippen LogP contribution in [0.15, 0.2) is 18.2 Å². The Morgan fingerprint density at radius 1 is 1.23 bits per heavy atom. The summed E-state index contributed by atoms with van der Waals surface area (Å²) in [5, 5.41) is 14.5. The van der Waals surface area contributed by atoms with Gasteiger partial charge in [0, 0.05) is 18.3 Å². The van der Waals surface area contributed by atoms with Crippen LogP contribution >= 0.6 is 0 Å². The molecule has 0 aromatic heterocycles. The van der Waals surface area contributed by atoms with Crippen LogP contribution in [0.4, 0.5) is 14.5 Å². The van der Waals surface area contributed by atoms with Crippen molar-refractivity contribution < 1.29 is 23.5 Å². The lowest BCUT2D eigenvalue weighted by molar-refractivity contribution is -0.137. The molecule has 0 heterocycles. The summed E-state index contributed by atoms with van der Waals surface area (Å²) in [6.45, 7) is 5.17. The maximum Gasteiger partial charge on any atom is 0.313 e. The average Bonchev–Trinajstić information content (AvgIpc) is 2.42. The van der Waals surface area contributed by atoms with Gasteiger partial charge in [0.25, 0.3) is 0 Å². The second-order valence-electron chi connectivity index (χ2n) is 5.46. The first-order valence-electron chi connectivity index (χ1n) is 6.93. The molecule has 0 bridgehead atoms. The van der Waals surface area contributed by atoms with Crippen LogP contribution in [0.1, 0.15) is 27.2 Å². The first-order valence-corrected chi connectivity index (χ1v) is 6.93. The highest BCUT2D eigenvalue weighted by atomic mass is 19.1. The predicted octanol–water partition coefficient (Wildman–Crippen LogP) is 1.82. The molecule has 2 amide bonds. The lowest BCUT2D eigenvalue weighted by atomic mass is 9.89. The Balaban J connectivity index is 2.61. The van der Waals surface area contributed by atoms with E-state index in [-0.39, 0.29) is 18.2 Å². The summed E-state index contributed by atoms with van der Waals surface area (Å²) in [7, 11) is 0. The van der Waals surface area contributed by atoms with Crippen molar-refractivity contribution in [3.63, 3.8) is 0 Å². The number of aliphatic hydroxyl groups is 1. The lowest BCUT2D eigenvalue weighted by Crippen LogP contribution is -2.47. The number of rotatable bonds is 5. The summed E-state index contributed by atoms with van der Waals surface area (Å²) in [6, 6.07) is 2.44. The summed E-state index contributed by atoms with van der Waals surface area (Å²) < 4.78 is 26.0. The van der Waals surface area contributed by atoms with E-state index in [0.717, 1.165) is 12.1 Å². The van der Waals surface area contributed by atoms with Gasteiger partial charge in [-0.05, 0) is 25.0 Å². The minimum Gasteiger partial charge on any atom is -0.388 e.